The molecule has 0 bridgehead atoms. The van der Waals surface area contributed by atoms with Gasteiger partial charge < -0.3 is 19.5 Å². The van der Waals surface area contributed by atoms with Crippen LogP contribution in [-0.2, 0) is 9.47 Å². The number of hydrogen-bond acceptors (Lipinski definition) is 4. The molecule has 1 aromatic carbocycles. The molecular formula is C16H27NO3. The molecule has 20 heavy (non-hydrogen) atoms. The summed E-state index contributed by atoms with van der Waals surface area (Å²) in [6.45, 7) is 9.64. The van der Waals surface area contributed by atoms with Crippen LogP contribution in [0.5, 0.6) is 5.75 Å². The monoisotopic (exact) mass is 281 g/mol. The summed E-state index contributed by atoms with van der Waals surface area (Å²) in [5, 5.41) is 3.45. The van der Waals surface area contributed by atoms with Gasteiger partial charge in [-0.25, -0.2) is 0 Å². The summed E-state index contributed by atoms with van der Waals surface area (Å²) < 4.78 is 16.4. The number of likely N-dealkylation sites (N-methyl/N-ethyl adjacent to an activating group) is 1. The molecule has 0 saturated carbocycles. The van der Waals surface area contributed by atoms with E-state index in [1.807, 2.05) is 13.0 Å². The summed E-state index contributed by atoms with van der Waals surface area (Å²) in [7, 11) is 1.70. The number of aryl methyl sites for hydroxylation is 1. The fraction of sp³-hybridized carbons (Fsp3) is 0.625. The normalized spacial score (nSPS) is 12.4. The molecule has 4 nitrogen and oxygen atoms in total. The molecule has 0 radical (unpaired) electrons. The maximum Gasteiger partial charge on any atom is 0.123 e. The molecule has 114 valence electrons. The van der Waals surface area contributed by atoms with Gasteiger partial charge in [-0.05, 0) is 26.5 Å². The van der Waals surface area contributed by atoms with E-state index in [1.165, 1.54) is 5.56 Å². The predicted octanol–water partition coefficient (Wildman–Crippen LogP) is 2.71. The number of benzene rings is 1. The molecule has 1 atom stereocenters. The Labute approximate surface area is 122 Å². The van der Waals surface area contributed by atoms with Gasteiger partial charge in [-0.1, -0.05) is 24.6 Å². The fourth-order valence-electron chi connectivity index (χ4n) is 2.09. The second-order valence-electron chi connectivity index (χ2n) is 4.63. The van der Waals surface area contributed by atoms with Gasteiger partial charge >= 0.3 is 0 Å². The van der Waals surface area contributed by atoms with Gasteiger partial charge in [0.1, 0.15) is 5.75 Å². The number of methoxy groups -OCH3 is 1. The summed E-state index contributed by atoms with van der Waals surface area (Å²) in [4.78, 5) is 0. The Kier molecular flexibility index (Phi) is 8.26. The van der Waals surface area contributed by atoms with E-state index in [0.29, 0.717) is 19.8 Å². The van der Waals surface area contributed by atoms with Crippen LogP contribution in [0.25, 0.3) is 0 Å². The molecule has 1 aromatic rings. The second-order valence-corrected chi connectivity index (χ2v) is 4.63. The van der Waals surface area contributed by atoms with Gasteiger partial charge in [-0.2, -0.15) is 0 Å². The fourth-order valence-corrected chi connectivity index (χ4v) is 2.09. The minimum atomic E-state index is 0.136. The van der Waals surface area contributed by atoms with E-state index >= 15 is 0 Å². The summed E-state index contributed by atoms with van der Waals surface area (Å²) in [6.07, 6.45) is 0. The van der Waals surface area contributed by atoms with Crippen LogP contribution in [0.15, 0.2) is 18.2 Å². The third kappa shape index (κ3) is 5.49. The first-order chi connectivity index (χ1) is 9.72. The minimum absolute atomic E-state index is 0.136. The highest BCUT2D eigenvalue weighted by Gasteiger charge is 2.15. The van der Waals surface area contributed by atoms with E-state index in [-0.39, 0.29) is 6.04 Å². The first kappa shape index (κ1) is 17.0. The quantitative estimate of drug-likeness (QED) is 0.669. The van der Waals surface area contributed by atoms with Crippen LogP contribution in [0.4, 0.5) is 0 Å². The maximum atomic E-state index is 5.70. The highest BCUT2D eigenvalue weighted by Crippen LogP contribution is 2.26. The standard InChI is InChI=1S/C16H27NO3/c1-5-17-15(12-20-10-9-19-6-2)14-11-13(3)7-8-16(14)18-4/h7-8,11,15,17H,5-6,9-10,12H2,1-4H3. The topological polar surface area (TPSA) is 39.7 Å². The molecule has 0 heterocycles. The van der Waals surface area contributed by atoms with Crippen molar-refractivity contribution < 1.29 is 14.2 Å². The van der Waals surface area contributed by atoms with Crippen LogP contribution in [0.1, 0.15) is 31.0 Å². The molecule has 0 fully saturated rings. The molecule has 0 aliphatic carbocycles. The van der Waals surface area contributed by atoms with E-state index in [4.69, 9.17) is 14.2 Å². The van der Waals surface area contributed by atoms with Crippen LogP contribution >= 0.6 is 0 Å². The average molecular weight is 281 g/mol. The molecule has 0 spiro atoms. The lowest BCUT2D eigenvalue weighted by Crippen LogP contribution is -2.26. The van der Waals surface area contributed by atoms with Gasteiger partial charge in [-0.15, -0.1) is 0 Å². The molecule has 0 saturated heterocycles. The lowest BCUT2D eigenvalue weighted by atomic mass is 10.0. The van der Waals surface area contributed by atoms with Crippen molar-refractivity contribution in [2.45, 2.75) is 26.8 Å². The molecule has 0 aromatic heterocycles. The summed E-state index contributed by atoms with van der Waals surface area (Å²) in [5.41, 5.74) is 2.36. The van der Waals surface area contributed by atoms with Crippen LogP contribution in [0, 0.1) is 6.92 Å². The van der Waals surface area contributed by atoms with Crippen molar-refractivity contribution in [1.29, 1.82) is 0 Å². The van der Waals surface area contributed by atoms with Crippen LogP contribution in [0.3, 0.4) is 0 Å². The first-order valence-corrected chi connectivity index (χ1v) is 7.26. The highest BCUT2D eigenvalue weighted by molar-refractivity contribution is 5.39. The SMILES string of the molecule is CCNC(COCCOCC)c1cc(C)ccc1OC. The molecule has 1 unspecified atom stereocenters. The van der Waals surface area contributed by atoms with Crippen LogP contribution in [-0.4, -0.2) is 40.1 Å². The maximum absolute atomic E-state index is 5.70. The van der Waals surface area contributed by atoms with E-state index in [1.54, 1.807) is 7.11 Å². The Bertz CT molecular complexity index is 382. The zero-order valence-electron chi connectivity index (χ0n) is 13.1. The third-order valence-electron chi connectivity index (χ3n) is 3.07. The second kappa shape index (κ2) is 9.75. The molecule has 4 heteroatoms. The van der Waals surface area contributed by atoms with Crippen molar-refractivity contribution in [2.24, 2.45) is 0 Å². The zero-order chi connectivity index (χ0) is 14.8. The Morgan fingerprint density at radius 3 is 2.55 bits per heavy atom. The number of rotatable bonds is 10. The Hall–Kier alpha value is -1.10. The van der Waals surface area contributed by atoms with Crippen molar-refractivity contribution in [1.82, 2.24) is 5.32 Å². The molecule has 0 amide bonds. The summed E-state index contributed by atoms with van der Waals surface area (Å²) in [5.74, 6) is 0.898. The van der Waals surface area contributed by atoms with E-state index in [0.717, 1.165) is 24.5 Å². The van der Waals surface area contributed by atoms with Gasteiger partial charge in [0.25, 0.3) is 0 Å². The van der Waals surface area contributed by atoms with Gasteiger partial charge in [0, 0.05) is 12.2 Å². The Morgan fingerprint density at radius 2 is 1.90 bits per heavy atom. The molecule has 0 aliphatic heterocycles. The largest absolute Gasteiger partial charge is 0.496 e. The molecule has 1 rings (SSSR count). The van der Waals surface area contributed by atoms with Gasteiger partial charge in [0.2, 0.25) is 0 Å². The minimum Gasteiger partial charge on any atom is -0.496 e. The molecule has 1 N–H and O–H groups in total. The summed E-state index contributed by atoms with van der Waals surface area (Å²) in [6, 6.07) is 6.35. The van der Waals surface area contributed by atoms with Gasteiger partial charge in [-0.3, -0.25) is 0 Å². The predicted molar refractivity (Wildman–Crippen MR) is 81.5 cm³/mol. The zero-order valence-corrected chi connectivity index (χ0v) is 13.1. The van der Waals surface area contributed by atoms with Crippen molar-refractivity contribution >= 4 is 0 Å². The van der Waals surface area contributed by atoms with Crippen molar-refractivity contribution in [2.75, 3.05) is 40.1 Å². The number of ether oxygens (including phenoxy) is 3. The van der Waals surface area contributed by atoms with Crippen LogP contribution in [0.2, 0.25) is 0 Å². The van der Waals surface area contributed by atoms with Gasteiger partial charge in [0.05, 0.1) is 33.0 Å². The van der Waals surface area contributed by atoms with Gasteiger partial charge in [0.15, 0.2) is 0 Å². The lowest BCUT2D eigenvalue weighted by molar-refractivity contribution is 0.0432. The molecular weight excluding hydrogens is 254 g/mol. The first-order valence-electron chi connectivity index (χ1n) is 7.26. The Balaban J connectivity index is 2.67. The van der Waals surface area contributed by atoms with E-state index in [9.17, 15) is 0 Å². The van der Waals surface area contributed by atoms with Crippen molar-refractivity contribution in [3.8, 4) is 5.75 Å². The van der Waals surface area contributed by atoms with E-state index < -0.39 is 0 Å². The lowest BCUT2D eigenvalue weighted by Gasteiger charge is -2.21. The van der Waals surface area contributed by atoms with E-state index in [2.05, 4.69) is 31.3 Å². The summed E-state index contributed by atoms with van der Waals surface area (Å²) >= 11 is 0. The molecule has 0 aliphatic rings. The van der Waals surface area contributed by atoms with Crippen molar-refractivity contribution in [3.05, 3.63) is 29.3 Å². The number of nitrogens with one attached hydrogen (secondary N) is 1. The smallest absolute Gasteiger partial charge is 0.123 e. The highest BCUT2D eigenvalue weighted by atomic mass is 16.5. The van der Waals surface area contributed by atoms with Crippen molar-refractivity contribution in [3.63, 3.8) is 0 Å². The number of hydrogen-bond donors (Lipinski definition) is 1. The Morgan fingerprint density at radius 1 is 1.15 bits per heavy atom. The average Bonchev–Trinajstić information content (AvgIpc) is 2.46. The van der Waals surface area contributed by atoms with Crippen LogP contribution < -0.4 is 10.1 Å². The third-order valence-corrected chi connectivity index (χ3v) is 3.07.